The van der Waals surface area contributed by atoms with Crippen molar-refractivity contribution in [3.8, 4) is 0 Å². The normalized spacial score (nSPS) is 32.2. The number of amides is 3. The van der Waals surface area contributed by atoms with Gasteiger partial charge in [-0.05, 0) is 26.2 Å². The minimum Gasteiger partial charge on any atom is -0.465 e. The summed E-state index contributed by atoms with van der Waals surface area (Å²) in [5.41, 5.74) is 4.17. The quantitative estimate of drug-likeness (QED) is 0.573. The van der Waals surface area contributed by atoms with E-state index < -0.39 is 52.4 Å². The molecule has 3 saturated heterocycles. The van der Waals surface area contributed by atoms with Gasteiger partial charge in [-0.15, -0.1) is 4.28 Å². The van der Waals surface area contributed by atoms with E-state index in [-0.39, 0.29) is 13.2 Å². The number of ether oxygens (including phenoxy) is 1. The first-order valence-electron chi connectivity index (χ1n) is 7.78. The highest BCUT2D eigenvalue weighted by atomic mass is 32.3. The van der Waals surface area contributed by atoms with E-state index in [2.05, 4.69) is 0 Å². The van der Waals surface area contributed by atoms with E-state index in [1.54, 1.807) is 0 Å². The summed E-state index contributed by atoms with van der Waals surface area (Å²) in [6, 6.07) is -2.06. The molecular weight excluding hydrogens is 358 g/mol. The fourth-order valence-electron chi connectivity index (χ4n) is 3.12. The van der Waals surface area contributed by atoms with Crippen LogP contribution in [0.4, 0.5) is 4.79 Å². The number of rotatable bonds is 6. The zero-order valence-corrected chi connectivity index (χ0v) is 14.4. The number of hydrogen-bond donors (Lipinski definition) is 1. The van der Waals surface area contributed by atoms with E-state index in [1.165, 1.54) is 11.8 Å². The minimum atomic E-state index is -4.57. The van der Waals surface area contributed by atoms with Crippen molar-refractivity contribution in [2.75, 3.05) is 19.8 Å². The first-order valence-corrected chi connectivity index (χ1v) is 9.12. The van der Waals surface area contributed by atoms with Crippen LogP contribution in [0.3, 0.4) is 0 Å². The van der Waals surface area contributed by atoms with Gasteiger partial charge in [-0.3, -0.25) is 9.59 Å². The fourth-order valence-corrected chi connectivity index (χ4v) is 3.95. The molecule has 25 heavy (non-hydrogen) atoms. The second-order valence-corrected chi connectivity index (χ2v) is 7.80. The van der Waals surface area contributed by atoms with E-state index in [9.17, 15) is 22.8 Å². The molecule has 3 aliphatic heterocycles. The van der Waals surface area contributed by atoms with Crippen LogP contribution in [0.15, 0.2) is 0 Å². The molecule has 3 atom stereocenters. The summed E-state index contributed by atoms with van der Waals surface area (Å²) in [5, 5.41) is 0.688. The summed E-state index contributed by atoms with van der Waals surface area (Å²) in [6.45, 7) is 1.41. The molecular formula is C13H19N3O8S. The Labute approximate surface area is 144 Å². The van der Waals surface area contributed by atoms with Crippen LogP contribution in [0.5, 0.6) is 0 Å². The first kappa shape index (κ1) is 17.9. The lowest BCUT2D eigenvalue weighted by Gasteiger charge is -2.27. The summed E-state index contributed by atoms with van der Waals surface area (Å²) in [6.07, 6.45) is 1.02. The topological polar surface area (TPSA) is 146 Å². The monoisotopic (exact) mass is 377 g/mol. The Hall–Kier alpha value is -1.92. The average Bonchev–Trinajstić information content (AvgIpc) is 2.99. The molecule has 11 nitrogen and oxygen atoms in total. The van der Waals surface area contributed by atoms with Crippen molar-refractivity contribution in [1.29, 1.82) is 0 Å². The molecule has 2 bridgehead atoms. The Bertz CT molecular complexity index is 710. The third kappa shape index (κ3) is 3.28. The number of piperidine rings is 1. The third-order valence-electron chi connectivity index (χ3n) is 4.72. The van der Waals surface area contributed by atoms with Gasteiger partial charge in [-0.2, -0.15) is 13.5 Å². The molecule has 0 saturated carbocycles. The van der Waals surface area contributed by atoms with Crippen molar-refractivity contribution in [3.05, 3.63) is 0 Å². The Morgan fingerprint density at radius 1 is 1.40 bits per heavy atom. The van der Waals surface area contributed by atoms with Crippen LogP contribution in [0.1, 0.15) is 26.2 Å². The van der Waals surface area contributed by atoms with Crippen LogP contribution in [0.2, 0.25) is 0 Å². The van der Waals surface area contributed by atoms with E-state index >= 15 is 0 Å². The van der Waals surface area contributed by atoms with Crippen LogP contribution >= 0.6 is 0 Å². The molecule has 0 aromatic rings. The molecule has 140 valence electrons. The van der Waals surface area contributed by atoms with E-state index in [4.69, 9.17) is 18.9 Å². The van der Waals surface area contributed by atoms with Gasteiger partial charge in [0.2, 0.25) is 5.91 Å². The molecule has 12 heteroatoms. The maximum absolute atomic E-state index is 12.3. The SMILES string of the molecule is CC1(COS(=O)(=O)ON2C(=O)N3CC2CCC3C(N)=O)CCOC1=O. The van der Waals surface area contributed by atoms with Gasteiger partial charge in [0.25, 0.3) is 0 Å². The van der Waals surface area contributed by atoms with Gasteiger partial charge in [0, 0.05) is 6.54 Å². The largest absolute Gasteiger partial charge is 0.465 e. The third-order valence-corrected chi connectivity index (χ3v) is 5.47. The molecule has 0 aliphatic carbocycles. The van der Waals surface area contributed by atoms with Crippen molar-refractivity contribution in [2.45, 2.75) is 38.3 Å². The lowest BCUT2D eigenvalue weighted by atomic mass is 9.91. The van der Waals surface area contributed by atoms with Gasteiger partial charge in [0.1, 0.15) is 6.04 Å². The van der Waals surface area contributed by atoms with Gasteiger partial charge < -0.3 is 15.4 Å². The number of fused-ring (bicyclic) bond motifs is 2. The zero-order valence-electron chi connectivity index (χ0n) is 13.5. The molecule has 3 fully saturated rings. The van der Waals surface area contributed by atoms with E-state index in [1.807, 2.05) is 0 Å². The van der Waals surface area contributed by atoms with E-state index in [0.29, 0.717) is 24.3 Å². The van der Waals surface area contributed by atoms with Crippen LogP contribution in [-0.2, 0) is 33.2 Å². The standard InChI is InChI=1S/C13H19N3O8S/c1-13(4-5-22-11(13)18)7-23-25(20,21)24-16-8-2-3-9(10(14)17)15(6-8)12(16)19/h8-9H,2-7H2,1H3,(H2,14,17). The Balaban J connectivity index is 1.64. The van der Waals surface area contributed by atoms with Gasteiger partial charge in [-0.25, -0.2) is 8.98 Å². The van der Waals surface area contributed by atoms with Crippen molar-refractivity contribution >= 4 is 28.3 Å². The molecule has 0 aromatic heterocycles. The molecule has 0 spiro atoms. The van der Waals surface area contributed by atoms with Gasteiger partial charge in [0.05, 0.1) is 24.7 Å². The lowest BCUT2D eigenvalue weighted by Crippen LogP contribution is -2.47. The first-order chi connectivity index (χ1) is 11.6. The maximum atomic E-state index is 12.3. The summed E-state index contributed by atoms with van der Waals surface area (Å²) >= 11 is 0. The number of carbonyl (C=O) groups is 3. The highest BCUT2D eigenvalue weighted by molar-refractivity contribution is 7.81. The highest BCUT2D eigenvalue weighted by Crippen LogP contribution is 2.32. The number of nitrogens with two attached hydrogens (primary N) is 1. The lowest BCUT2D eigenvalue weighted by molar-refractivity contribution is -0.147. The number of hydroxylamine groups is 2. The number of urea groups is 1. The number of hydrogen-bond acceptors (Lipinski definition) is 8. The number of esters is 1. The van der Waals surface area contributed by atoms with Crippen molar-refractivity contribution in [3.63, 3.8) is 0 Å². The molecule has 3 rings (SSSR count). The zero-order chi connectivity index (χ0) is 18.4. The predicted octanol–water partition coefficient (Wildman–Crippen LogP) is -1.11. The summed E-state index contributed by atoms with van der Waals surface area (Å²) in [5.74, 6) is -1.20. The Kier molecular flexibility index (Phi) is 4.37. The van der Waals surface area contributed by atoms with Crippen LogP contribution in [0, 0.1) is 5.41 Å². The van der Waals surface area contributed by atoms with Crippen LogP contribution < -0.4 is 5.73 Å². The Morgan fingerprint density at radius 2 is 2.12 bits per heavy atom. The summed E-state index contributed by atoms with van der Waals surface area (Å²) in [7, 11) is -4.57. The fraction of sp³-hybridized carbons (Fsp3) is 0.769. The molecule has 3 aliphatic rings. The molecule has 0 aromatic carbocycles. The predicted molar refractivity (Wildman–Crippen MR) is 79.6 cm³/mol. The second kappa shape index (κ2) is 6.11. The second-order valence-electron chi connectivity index (χ2n) is 6.60. The van der Waals surface area contributed by atoms with Crippen molar-refractivity contribution in [2.24, 2.45) is 11.1 Å². The number of primary amides is 1. The highest BCUT2D eigenvalue weighted by Gasteiger charge is 2.49. The average molecular weight is 377 g/mol. The van der Waals surface area contributed by atoms with Gasteiger partial charge in [-0.1, -0.05) is 0 Å². The summed E-state index contributed by atoms with van der Waals surface area (Å²) < 4.78 is 38.4. The molecule has 3 unspecified atom stereocenters. The summed E-state index contributed by atoms with van der Waals surface area (Å²) in [4.78, 5) is 36.4. The van der Waals surface area contributed by atoms with Gasteiger partial charge in [0.15, 0.2) is 0 Å². The van der Waals surface area contributed by atoms with E-state index in [0.717, 1.165) is 0 Å². The Morgan fingerprint density at radius 3 is 2.72 bits per heavy atom. The van der Waals surface area contributed by atoms with Crippen molar-refractivity contribution < 1.29 is 36.0 Å². The number of nitrogens with zero attached hydrogens (tertiary/aromatic N) is 2. The molecule has 3 amide bonds. The minimum absolute atomic E-state index is 0.145. The maximum Gasteiger partial charge on any atom is 0.421 e. The number of cyclic esters (lactones) is 1. The van der Waals surface area contributed by atoms with Crippen LogP contribution in [0.25, 0.3) is 0 Å². The smallest absolute Gasteiger partial charge is 0.421 e. The molecule has 3 heterocycles. The van der Waals surface area contributed by atoms with Crippen LogP contribution in [-0.4, -0.2) is 68.1 Å². The molecule has 0 radical (unpaired) electrons. The van der Waals surface area contributed by atoms with Gasteiger partial charge >= 0.3 is 22.4 Å². The van der Waals surface area contributed by atoms with Crippen molar-refractivity contribution in [1.82, 2.24) is 9.96 Å². The molecule has 2 N–H and O–H groups in total. The number of carbonyl (C=O) groups excluding carboxylic acids is 3.